The second-order valence-electron chi connectivity index (χ2n) is 1.40. The van der Waals surface area contributed by atoms with Gasteiger partial charge in [-0.1, -0.05) is 6.58 Å². The van der Waals surface area contributed by atoms with Crippen molar-refractivity contribution < 1.29 is 0 Å². The molecule has 0 aromatic heterocycles. The van der Waals surface area contributed by atoms with Gasteiger partial charge in [-0.05, 0) is 24.4 Å². The van der Waals surface area contributed by atoms with Crippen LogP contribution in [0.15, 0.2) is 42.4 Å². The number of rotatable bonds is 2. The minimum atomic E-state index is 0.591. The highest BCUT2D eigenvalue weighted by atomic mass is 14.6. The molecular weight excluding hydrogens is 112 g/mol. The van der Waals surface area contributed by atoms with Crippen molar-refractivity contribution >= 4 is 0 Å². The molecule has 0 aliphatic heterocycles. The Morgan fingerprint density at radius 2 is 2.22 bits per heavy atom. The maximum atomic E-state index is 5.37. The highest BCUT2D eigenvalue weighted by Gasteiger charge is 1.73. The molecule has 0 atom stereocenters. The molecule has 48 valence electrons. The summed E-state index contributed by atoms with van der Waals surface area (Å²) < 4.78 is 0. The third-order valence-corrected chi connectivity index (χ3v) is 0.682. The van der Waals surface area contributed by atoms with E-state index < -0.39 is 0 Å². The summed E-state index contributed by atoms with van der Waals surface area (Å²) in [4.78, 5) is 0. The van der Waals surface area contributed by atoms with E-state index in [0.717, 1.165) is 0 Å². The molecule has 0 aliphatic carbocycles. The van der Waals surface area contributed by atoms with E-state index in [1.54, 1.807) is 18.2 Å². The molecule has 0 spiro atoms. The minimum Gasteiger partial charge on any atom is -0.405 e. The number of hydrogen-bond acceptors (Lipinski definition) is 2. The lowest BCUT2D eigenvalue weighted by molar-refractivity contribution is 1.40. The van der Waals surface area contributed by atoms with Crippen LogP contribution in [-0.4, -0.2) is 0 Å². The molecule has 0 rings (SSSR count). The predicted octanol–water partition coefficient (Wildman–Crippen LogP) is 0.643. The van der Waals surface area contributed by atoms with Gasteiger partial charge in [0.2, 0.25) is 0 Å². The maximum Gasteiger partial charge on any atom is 0.0334 e. The topological polar surface area (TPSA) is 52.0 Å². The van der Waals surface area contributed by atoms with Gasteiger partial charge < -0.3 is 11.5 Å². The van der Waals surface area contributed by atoms with E-state index in [-0.39, 0.29) is 0 Å². The molecule has 0 aromatic rings. The average Bonchev–Trinajstić information content (AvgIpc) is 1.85. The van der Waals surface area contributed by atoms with Crippen LogP contribution in [0.5, 0.6) is 0 Å². The largest absolute Gasteiger partial charge is 0.405 e. The normalized spacial score (nSPS) is 11.3. The summed E-state index contributed by atoms with van der Waals surface area (Å²) >= 11 is 0. The lowest BCUT2D eigenvalue weighted by Gasteiger charge is -1.84. The van der Waals surface area contributed by atoms with Crippen LogP contribution in [0.3, 0.4) is 0 Å². The SMILES string of the molecule is C=C=C/C=C(N)\C=C/N. The van der Waals surface area contributed by atoms with Gasteiger partial charge in [0.05, 0.1) is 0 Å². The molecule has 4 N–H and O–H groups in total. The number of allylic oxidation sites excluding steroid dienone is 3. The molecule has 0 aliphatic rings. The van der Waals surface area contributed by atoms with Crippen molar-refractivity contribution in [2.45, 2.75) is 0 Å². The maximum absolute atomic E-state index is 5.37. The van der Waals surface area contributed by atoms with Crippen LogP contribution in [-0.2, 0) is 0 Å². The van der Waals surface area contributed by atoms with Crippen molar-refractivity contribution in [2.75, 3.05) is 0 Å². The van der Waals surface area contributed by atoms with Crippen LogP contribution >= 0.6 is 0 Å². The predicted molar refractivity (Wildman–Crippen MR) is 39.3 cm³/mol. The summed E-state index contributed by atoms with van der Waals surface area (Å²) in [6.45, 7) is 3.36. The Labute approximate surface area is 54.9 Å². The third-order valence-electron chi connectivity index (χ3n) is 0.682. The van der Waals surface area contributed by atoms with E-state index in [1.807, 2.05) is 0 Å². The standard InChI is InChI=1S/C7H10N2/c1-2-3-4-7(9)5-6-8/h3-6H,1,8-9H2/b6-5-,7-4+. The summed E-state index contributed by atoms with van der Waals surface area (Å²) in [5.74, 6) is 0. The molecule has 0 saturated carbocycles. The van der Waals surface area contributed by atoms with Gasteiger partial charge in [0.1, 0.15) is 0 Å². The molecular formula is C7H10N2. The van der Waals surface area contributed by atoms with Crippen molar-refractivity contribution in [1.29, 1.82) is 0 Å². The zero-order valence-corrected chi connectivity index (χ0v) is 5.17. The average molecular weight is 122 g/mol. The first-order chi connectivity index (χ1) is 4.31. The van der Waals surface area contributed by atoms with Crippen molar-refractivity contribution in [3.63, 3.8) is 0 Å². The molecule has 0 aromatic carbocycles. The van der Waals surface area contributed by atoms with Gasteiger partial charge in [0, 0.05) is 5.70 Å². The zero-order chi connectivity index (χ0) is 7.11. The molecule has 2 heteroatoms. The van der Waals surface area contributed by atoms with Crippen LogP contribution < -0.4 is 11.5 Å². The molecule has 0 saturated heterocycles. The van der Waals surface area contributed by atoms with Gasteiger partial charge in [-0.2, -0.15) is 0 Å². The van der Waals surface area contributed by atoms with E-state index in [1.165, 1.54) is 6.20 Å². The summed E-state index contributed by atoms with van der Waals surface area (Å²) in [6, 6.07) is 0. The first-order valence-electron chi connectivity index (χ1n) is 2.51. The number of nitrogens with two attached hydrogens (primary N) is 2. The Morgan fingerprint density at radius 1 is 1.56 bits per heavy atom. The van der Waals surface area contributed by atoms with Gasteiger partial charge in [-0.3, -0.25) is 0 Å². The van der Waals surface area contributed by atoms with E-state index in [0.29, 0.717) is 5.70 Å². The summed E-state index contributed by atoms with van der Waals surface area (Å²) in [7, 11) is 0. The van der Waals surface area contributed by atoms with Crippen LogP contribution in [0.2, 0.25) is 0 Å². The molecule has 0 radical (unpaired) electrons. The van der Waals surface area contributed by atoms with E-state index in [9.17, 15) is 0 Å². The van der Waals surface area contributed by atoms with Crippen LogP contribution in [0.25, 0.3) is 0 Å². The van der Waals surface area contributed by atoms with Crippen molar-refractivity contribution in [2.24, 2.45) is 11.5 Å². The van der Waals surface area contributed by atoms with Crippen LogP contribution in [0, 0.1) is 0 Å². The highest BCUT2D eigenvalue weighted by Crippen LogP contribution is 1.83. The lowest BCUT2D eigenvalue weighted by Crippen LogP contribution is -1.92. The van der Waals surface area contributed by atoms with Gasteiger partial charge >= 0.3 is 0 Å². The van der Waals surface area contributed by atoms with Crippen LogP contribution in [0.4, 0.5) is 0 Å². The Kier molecular flexibility index (Phi) is 4.01. The summed E-state index contributed by atoms with van der Waals surface area (Å²) in [5, 5.41) is 0. The van der Waals surface area contributed by atoms with E-state index in [2.05, 4.69) is 12.3 Å². The van der Waals surface area contributed by atoms with Gasteiger partial charge in [0.15, 0.2) is 0 Å². The summed E-state index contributed by atoms with van der Waals surface area (Å²) in [5.41, 5.74) is 13.6. The Morgan fingerprint density at radius 3 is 2.67 bits per heavy atom. The quantitative estimate of drug-likeness (QED) is 0.417. The third kappa shape index (κ3) is 4.45. The van der Waals surface area contributed by atoms with Crippen molar-refractivity contribution in [3.05, 3.63) is 42.4 Å². The monoisotopic (exact) mass is 122 g/mol. The zero-order valence-electron chi connectivity index (χ0n) is 5.17. The van der Waals surface area contributed by atoms with Gasteiger partial charge in [-0.15, -0.1) is 5.73 Å². The first-order valence-corrected chi connectivity index (χ1v) is 2.51. The van der Waals surface area contributed by atoms with Gasteiger partial charge in [0.25, 0.3) is 0 Å². The van der Waals surface area contributed by atoms with E-state index >= 15 is 0 Å². The fraction of sp³-hybridized carbons (Fsp3) is 0. The molecule has 9 heavy (non-hydrogen) atoms. The molecule has 0 bridgehead atoms. The molecule has 0 heterocycles. The molecule has 2 nitrogen and oxygen atoms in total. The number of hydrogen-bond donors (Lipinski definition) is 2. The Bertz CT molecular complexity index is 171. The van der Waals surface area contributed by atoms with Crippen molar-refractivity contribution in [3.8, 4) is 0 Å². The van der Waals surface area contributed by atoms with Crippen molar-refractivity contribution in [1.82, 2.24) is 0 Å². The Hall–Kier alpha value is -1.40. The second kappa shape index (κ2) is 4.75. The molecule has 0 amide bonds. The molecule has 0 fully saturated rings. The van der Waals surface area contributed by atoms with E-state index in [4.69, 9.17) is 11.5 Å². The fourth-order valence-corrected chi connectivity index (χ4v) is 0.322. The Balaban J connectivity index is 3.99. The summed E-state index contributed by atoms with van der Waals surface area (Å²) in [6.07, 6.45) is 6.25. The van der Waals surface area contributed by atoms with Crippen LogP contribution in [0.1, 0.15) is 0 Å². The fourth-order valence-electron chi connectivity index (χ4n) is 0.322. The second-order valence-corrected chi connectivity index (χ2v) is 1.40. The highest BCUT2D eigenvalue weighted by molar-refractivity contribution is 5.19. The van der Waals surface area contributed by atoms with Gasteiger partial charge in [-0.25, -0.2) is 0 Å². The lowest BCUT2D eigenvalue weighted by atomic mass is 10.4. The smallest absolute Gasteiger partial charge is 0.0334 e. The molecule has 0 unspecified atom stereocenters. The first kappa shape index (κ1) is 7.60. The minimum absolute atomic E-state index is 0.591.